The molecule has 108 valence electrons. The number of carbonyl (C=O) groups excluding carboxylic acids is 1. The molecule has 0 saturated carbocycles. The Kier molecular flexibility index (Phi) is 7.38. The van der Waals surface area contributed by atoms with Gasteiger partial charge in [0.2, 0.25) is 0 Å². The van der Waals surface area contributed by atoms with E-state index in [1.807, 2.05) is 6.92 Å². The third kappa shape index (κ3) is 5.41. The Morgan fingerprint density at radius 3 is 3.00 bits per heavy atom. The van der Waals surface area contributed by atoms with E-state index in [-0.39, 0.29) is 18.6 Å². The molecular formula is C16H22N2O2. The molecule has 2 N–H and O–H groups in total. The summed E-state index contributed by atoms with van der Waals surface area (Å²) in [7, 11) is 0. The predicted molar refractivity (Wildman–Crippen MR) is 79.3 cm³/mol. The lowest BCUT2D eigenvalue weighted by atomic mass is 10.1. The summed E-state index contributed by atoms with van der Waals surface area (Å²) in [5.74, 6) is 5.15. The number of nitrogens with zero attached hydrogens (tertiary/aromatic N) is 1. The van der Waals surface area contributed by atoms with E-state index in [0.29, 0.717) is 11.1 Å². The normalized spacial score (nSPS) is 11.3. The molecule has 0 aliphatic carbocycles. The van der Waals surface area contributed by atoms with Crippen molar-refractivity contribution in [2.24, 2.45) is 0 Å². The van der Waals surface area contributed by atoms with Gasteiger partial charge in [0.15, 0.2) is 0 Å². The molecule has 0 spiro atoms. The van der Waals surface area contributed by atoms with Gasteiger partial charge >= 0.3 is 0 Å². The third-order valence-electron chi connectivity index (χ3n) is 2.99. The number of carbonyl (C=O) groups is 1. The molecule has 1 rings (SSSR count). The number of aromatic nitrogens is 1. The first-order valence-electron chi connectivity index (χ1n) is 7.03. The topological polar surface area (TPSA) is 62.2 Å². The largest absolute Gasteiger partial charge is 0.384 e. The van der Waals surface area contributed by atoms with Gasteiger partial charge in [-0.15, -0.1) is 0 Å². The van der Waals surface area contributed by atoms with E-state index in [1.54, 1.807) is 18.5 Å². The van der Waals surface area contributed by atoms with E-state index < -0.39 is 0 Å². The number of pyridine rings is 1. The first-order valence-corrected chi connectivity index (χ1v) is 7.03. The minimum Gasteiger partial charge on any atom is -0.384 e. The third-order valence-corrected chi connectivity index (χ3v) is 2.99. The highest BCUT2D eigenvalue weighted by Gasteiger charge is 2.12. The first-order chi connectivity index (χ1) is 9.69. The number of aliphatic hydroxyl groups excluding tert-OH is 1. The number of aliphatic hydroxyl groups is 1. The summed E-state index contributed by atoms with van der Waals surface area (Å²) in [6.45, 7) is 3.93. The van der Waals surface area contributed by atoms with Gasteiger partial charge in [0.1, 0.15) is 6.61 Å². The minimum absolute atomic E-state index is 0.140. The maximum Gasteiger partial charge on any atom is 0.252 e. The van der Waals surface area contributed by atoms with Crippen LogP contribution in [0.2, 0.25) is 0 Å². The summed E-state index contributed by atoms with van der Waals surface area (Å²) in [5.41, 5.74) is 1.04. The van der Waals surface area contributed by atoms with Gasteiger partial charge < -0.3 is 10.4 Å². The molecule has 1 amide bonds. The second-order valence-electron chi connectivity index (χ2n) is 4.75. The Labute approximate surface area is 120 Å². The molecular weight excluding hydrogens is 252 g/mol. The zero-order chi connectivity index (χ0) is 14.8. The lowest BCUT2D eigenvalue weighted by Gasteiger charge is -2.14. The van der Waals surface area contributed by atoms with Gasteiger partial charge in [-0.25, -0.2) is 0 Å². The van der Waals surface area contributed by atoms with Crippen molar-refractivity contribution >= 4 is 5.91 Å². The average molecular weight is 274 g/mol. The van der Waals surface area contributed by atoms with Crippen LogP contribution in [0.25, 0.3) is 0 Å². The van der Waals surface area contributed by atoms with Crippen molar-refractivity contribution < 1.29 is 9.90 Å². The second kappa shape index (κ2) is 9.11. The van der Waals surface area contributed by atoms with Crippen molar-refractivity contribution in [3.8, 4) is 11.8 Å². The quantitative estimate of drug-likeness (QED) is 0.617. The molecule has 1 aromatic rings. The van der Waals surface area contributed by atoms with Gasteiger partial charge in [-0.05, 0) is 19.4 Å². The van der Waals surface area contributed by atoms with Crippen molar-refractivity contribution in [1.82, 2.24) is 10.3 Å². The highest BCUT2D eigenvalue weighted by atomic mass is 16.2. The summed E-state index contributed by atoms with van der Waals surface area (Å²) in [6, 6.07) is 1.79. The number of unbranched alkanes of at least 4 members (excludes halogenated alkanes) is 2. The van der Waals surface area contributed by atoms with Crippen LogP contribution in [0, 0.1) is 11.8 Å². The zero-order valence-corrected chi connectivity index (χ0v) is 12.1. The average Bonchev–Trinajstić information content (AvgIpc) is 2.45. The zero-order valence-electron chi connectivity index (χ0n) is 12.1. The molecule has 4 heteroatoms. The van der Waals surface area contributed by atoms with Crippen LogP contribution in [0.15, 0.2) is 18.5 Å². The summed E-state index contributed by atoms with van der Waals surface area (Å²) in [6.07, 6.45) is 7.56. The molecule has 0 aliphatic rings. The molecule has 1 atom stereocenters. The van der Waals surface area contributed by atoms with Crippen molar-refractivity contribution in [3.63, 3.8) is 0 Å². The lowest BCUT2D eigenvalue weighted by molar-refractivity contribution is 0.0937. The van der Waals surface area contributed by atoms with E-state index in [0.717, 1.165) is 12.8 Å². The van der Waals surface area contributed by atoms with E-state index in [4.69, 9.17) is 5.11 Å². The molecule has 0 aromatic carbocycles. The maximum atomic E-state index is 12.2. The van der Waals surface area contributed by atoms with Gasteiger partial charge in [0.25, 0.3) is 5.91 Å². The molecule has 0 aliphatic heterocycles. The Bertz CT molecular complexity index is 489. The highest BCUT2D eigenvalue weighted by Crippen LogP contribution is 2.08. The molecule has 0 bridgehead atoms. The molecule has 0 radical (unpaired) electrons. The Balaban J connectivity index is 2.67. The number of amides is 1. The van der Waals surface area contributed by atoms with Crippen LogP contribution in [0.4, 0.5) is 0 Å². The summed E-state index contributed by atoms with van der Waals surface area (Å²) < 4.78 is 0. The number of hydrogen-bond donors (Lipinski definition) is 2. The van der Waals surface area contributed by atoms with Crippen LogP contribution in [0.5, 0.6) is 0 Å². The van der Waals surface area contributed by atoms with E-state index in [2.05, 4.69) is 29.1 Å². The first kappa shape index (κ1) is 16.2. The number of nitrogens with one attached hydrogen (secondary N) is 1. The van der Waals surface area contributed by atoms with Crippen LogP contribution in [-0.4, -0.2) is 28.6 Å². The number of hydrogen-bond acceptors (Lipinski definition) is 3. The molecule has 1 unspecified atom stereocenters. The molecule has 1 heterocycles. The van der Waals surface area contributed by atoms with Crippen molar-refractivity contribution in [3.05, 3.63) is 29.6 Å². The Hall–Kier alpha value is -1.86. The molecule has 20 heavy (non-hydrogen) atoms. The SMILES string of the molecule is CCCCCC(C)NC(=O)c1ccncc1C#CCO. The van der Waals surface area contributed by atoms with Crippen LogP contribution in [0.1, 0.15) is 55.5 Å². The van der Waals surface area contributed by atoms with Crippen molar-refractivity contribution in [1.29, 1.82) is 0 Å². The van der Waals surface area contributed by atoms with Gasteiger partial charge in [-0.2, -0.15) is 0 Å². The monoisotopic (exact) mass is 274 g/mol. The van der Waals surface area contributed by atoms with Crippen molar-refractivity contribution in [2.75, 3.05) is 6.61 Å². The fourth-order valence-corrected chi connectivity index (χ4v) is 1.90. The van der Waals surface area contributed by atoms with Gasteiger partial charge in [0.05, 0.1) is 11.1 Å². The van der Waals surface area contributed by atoms with E-state index in [1.165, 1.54) is 12.8 Å². The van der Waals surface area contributed by atoms with E-state index >= 15 is 0 Å². The van der Waals surface area contributed by atoms with Crippen LogP contribution in [-0.2, 0) is 0 Å². The van der Waals surface area contributed by atoms with Crippen LogP contribution < -0.4 is 5.32 Å². The predicted octanol–water partition coefficient (Wildman–Crippen LogP) is 2.12. The Morgan fingerprint density at radius 2 is 2.30 bits per heavy atom. The lowest BCUT2D eigenvalue weighted by Crippen LogP contribution is -2.33. The summed E-state index contributed by atoms with van der Waals surface area (Å²) >= 11 is 0. The fraction of sp³-hybridized carbons (Fsp3) is 0.500. The van der Waals surface area contributed by atoms with Crippen LogP contribution in [0.3, 0.4) is 0 Å². The summed E-state index contributed by atoms with van der Waals surface area (Å²) in [4.78, 5) is 16.2. The van der Waals surface area contributed by atoms with Gasteiger partial charge in [0, 0.05) is 18.4 Å². The van der Waals surface area contributed by atoms with E-state index in [9.17, 15) is 4.79 Å². The molecule has 4 nitrogen and oxygen atoms in total. The fourth-order valence-electron chi connectivity index (χ4n) is 1.90. The molecule has 0 fully saturated rings. The standard InChI is InChI=1S/C16H22N2O2/c1-3-4-5-7-13(2)18-16(20)15-9-10-17-12-14(15)8-6-11-19/h9-10,12-13,19H,3-5,7,11H2,1-2H3,(H,18,20). The maximum absolute atomic E-state index is 12.2. The smallest absolute Gasteiger partial charge is 0.252 e. The molecule has 0 saturated heterocycles. The number of rotatable bonds is 6. The second-order valence-corrected chi connectivity index (χ2v) is 4.75. The van der Waals surface area contributed by atoms with Gasteiger partial charge in [-0.1, -0.05) is 38.0 Å². The minimum atomic E-state index is -0.233. The van der Waals surface area contributed by atoms with Gasteiger partial charge in [-0.3, -0.25) is 9.78 Å². The highest BCUT2D eigenvalue weighted by molar-refractivity contribution is 5.96. The van der Waals surface area contributed by atoms with Crippen LogP contribution >= 0.6 is 0 Å². The summed E-state index contributed by atoms with van der Waals surface area (Å²) in [5, 5.41) is 11.7. The molecule has 1 aromatic heterocycles. The Morgan fingerprint density at radius 1 is 1.50 bits per heavy atom. The van der Waals surface area contributed by atoms with Crippen molar-refractivity contribution in [2.45, 2.75) is 45.6 Å².